The van der Waals surface area contributed by atoms with Crippen molar-refractivity contribution in [3.05, 3.63) is 92.1 Å². The molecule has 26 heavy (non-hydrogen) atoms. The number of hydrazone groups is 1. The summed E-state index contributed by atoms with van der Waals surface area (Å²) in [5.74, 6) is -0.135. The van der Waals surface area contributed by atoms with Crippen LogP contribution in [0.15, 0.2) is 71.1 Å². The van der Waals surface area contributed by atoms with E-state index in [4.69, 9.17) is 23.2 Å². The van der Waals surface area contributed by atoms with Crippen molar-refractivity contribution in [3.63, 3.8) is 0 Å². The molecule has 1 atom stereocenters. The van der Waals surface area contributed by atoms with E-state index in [-0.39, 0.29) is 11.9 Å². The lowest BCUT2D eigenvalue weighted by molar-refractivity contribution is 0.0714. The van der Waals surface area contributed by atoms with Crippen LogP contribution >= 0.6 is 34.5 Å². The van der Waals surface area contributed by atoms with Crippen LogP contribution < -0.4 is 0 Å². The molecule has 4 rings (SSSR count). The van der Waals surface area contributed by atoms with E-state index in [1.807, 2.05) is 41.8 Å². The maximum Gasteiger partial charge on any atom is 0.274 e. The molecule has 0 saturated carbocycles. The molecule has 0 N–H and O–H groups in total. The molecule has 0 radical (unpaired) electrons. The molecule has 2 aromatic carbocycles. The first-order chi connectivity index (χ1) is 12.6. The van der Waals surface area contributed by atoms with E-state index >= 15 is 0 Å². The summed E-state index contributed by atoms with van der Waals surface area (Å²) in [5.41, 5.74) is 2.42. The molecule has 130 valence electrons. The highest BCUT2D eigenvalue weighted by Gasteiger charge is 2.34. The van der Waals surface area contributed by atoms with Crippen molar-refractivity contribution in [2.24, 2.45) is 5.10 Å². The number of hydrogen-bond donors (Lipinski definition) is 0. The summed E-state index contributed by atoms with van der Waals surface area (Å²) in [5, 5.41) is 9.53. The molecule has 1 unspecified atom stereocenters. The largest absolute Gasteiger partial charge is 0.274 e. The van der Waals surface area contributed by atoms with Crippen LogP contribution in [0.1, 0.15) is 33.3 Å². The minimum atomic E-state index is -0.135. The van der Waals surface area contributed by atoms with E-state index in [1.54, 1.807) is 40.6 Å². The first kappa shape index (κ1) is 17.3. The Morgan fingerprint density at radius 1 is 1.00 bits per heavy atom. The maximum absolute atomic E-state index is 13.1. The molecule has 1 aliphatic heterocycles. The lowest BCUT2D eigenvalue weighted by atomic mass is 10.0. The Hall–Kier alpha value is -2.14. The van der Waals surface area contributed by atoms with E-state index in [2.05, 4.69) is 5.10 Å². The van der Waals surface area contributed by atoms with Crippen molar-refractivity contribution in [3.8, 4) is 0 Å². The van der Waals surface area contributed by atoms with Gasteiger partial charge in [0.2, 0.25) is 0 Å². The van der Waals surface area contributed by atoms with Gasteiger partial charge in [-0.15, -0.1) is 11.3 Å². The predicted octanol–water partition coefficient (Wildman–Crippen LogP) is 6.05. The molecule has 3 aromatic rings. The molecule has 1 aliphatic rings. The fourth-order valence-corrected chi connectivity index (χ4v) is 4.01. The van der Waals surface area contributed by atoms with Crippen molar-refractivity contribution in [1.29, 1.82) is 0 Å². The third-order valence-electron chi connectivity index (χ3n) is 4.26. The van der Waals surface area contributed by atoms with Gasteiger partial charge in [0.15, 0.2) is 0 Å². The van der Waals surface area contributed by atoms with Crippen molar-refractivity contribution in [2.75, 3.05) is 0 Å². The summed E-state index contributed by atoms with van der Waals surface area (Å²) in [6.45, 7) is 0. The second-order valence-corrected chi connectivity index (χ2v) is 7.80. The van der Waals surface area contributed by atoms with Crippen LogP contribution in [0.2, 0.25) is 10.0 Å². The first-order valence-electron chi connectivity index (χ1n) is 8.08. The summed E-state index contributed by atoms with van der Waals surface area (Å²) >= 11 is 13.6. The second kappa shape index (κ2) is 7.23. The van der Waals surface area contributed by atoms with Crippen molar-refractivity contribution in [2.45, 2.75) is 12.5 Å². The Kier molecular flexibility index (Phi) is 4.81. The van der Waals surface area contributed by atoms with Gasteiger partial charge in [-0.2, -0.15) is 5.10 Å². The van der Waals surface area contributed by atoms with E-state index in [9.17, 15) is 4.79 Å². The van der Waals surface area contributed by atoms with Crippen LogP contribution in [0.5, 0.6) is 0 Å². The third kappa shape index (κ3) is 3.40. The van der Waals surface area contributed by atoms with E-state index in [1.165, 1.54) is 0 Å². The second-order valence-electron chi connectivity index (χ2n) is 5.95. The van der Waals surface area contributed by atoms with Gasteiger partial charge in [0.25, 0.3) is 5.91 Å². The van der Waals surface area contributed by atoms with Gasteiger partial charge >= 0.3 is 0 Å². The van der Waals surface area contributed by atoms with Gasteiger partial charge in [0.1, 0.15) is 0 Å². The summed E-state index contributed by atoms with van der Waals surface area (Å²) in [6, 6.07) is 18.4. The average molecular weight is 401 g/mol. The third-order valence-corrected chi connectivity index (χ3v) is 5.74. The first-order valence-corrected chi connectivity index (χ1v) is 9.71. The zero-order valence-electron chi connectivity index (χ0n) is 13.6. The number of halogens is 2. The number of thiophene rings is 1. The molecular weight excluding hydrogens is 387 g/mol. The summed E-state index contributed by atoms with van der Waals surface area (Å²) in [7, 11) is 0. The predicted molar refractivity (Wildman–Crippen MR) is 107 cm³/mol. The van der Waals surface area contributed by atoms with Gasteiger partial charge in [-0.1, -0.05) is 41.4 Å². The molecular formula is C20H14Cl2N2OS. The fraction of sp³-hybridized carbons (Fsp3) is 0.100. The molecule has 1 aromatic heterocycles. The van der Waals surface area contributed by atoms with Gasteiger partial charge < -0.3 is 0 Å². The van der Waals surface area contributed by atoms with Gasteiger partial charge in [-0.05, 0) is 53.4 Å². The normalized spacial score (nSPS) is 16.6. The summed E-state index contributed by atoms with van der Waals surface area (Å²) in [6.07, 6.45) is 0.668. The Morgan fingerprint density at radius 3 is 2.27 bits per heavy atom. The monoisotopic (exact) mass is 400 g/mol. The Bertz CT molecular complexity index is 950. The smallest absolute Gasteiger partial charge is 0.267 e. The number of benzene rings is 2. The van der Waals surface area contributed by atoms with Crippen molar-refractivity contribution < 1.29 is 4.79 Å². The topological polar surface area (TPSA) is 32.7 Å². The molecule has 2 heterocycles. The molecule has 1 amide bonds. The van der Waals surface area contributed by atoms with Gasteiger partial charge in [0, 0.05) is 26.9 Å². The van der Waals surface area contributed by atoms with Gasteiger partial charge in [-0.3, -0.25) is 4.79 Å². The molecule has 6 heteroatoms. The minimum absolute atomic E-state index is 0.108. The summed E-state index contributed by atoms with van der Waals surface area (Å²) in [4.78, 5) is 14.2. The van der Waals surface area contributed by atoms with Crippen molar-refractivity contribution >= 4 is 46.2 Å². The average Bonchev–Trinajstić information content (AvgIpc) is 3.32. The number of amides is 1. The fourth-order valence-electron chi connectivity index (χ4n) is 2.94. The van der Waals surface area contributed by atoms with Crippen LogP contribution in [0.3, 0.4) is 0 Å². The van der Waals surface area contributed by atoms with E-state index < -0.39 is 0 Å². The maximum atomic E-state index is 13.1. The van der Waals surface area contributed by atoms with Crippen LogP contribution in [0, 0.1) is 0 Å². The molecule has 0 bridgehead atoms. The lowest BCUT2D eigenvalue weighted by Crippen LogP contribution is -2.26. The summed E-state index contributed by atoms with van der Waals surface area (Å²) < 4.78 is 0. The highest BCUT2D eigenvalue weighted by Crippen LogP contribution is 2.36. The van der Waals surface area contributed by atoms with E-state index in [0.29, 0.717) is 22.0 Å². The Balaban J connectivity index is 1.70. The SMILES string of the molecule is O=C(c1ccc(Cl)cc1)N1N=C(c2ccc(Cl)cc2)CC1c1cccs1. The highest BCUT2D eigenvalue weighted by molar-refractivity contribution is 7.10. The van der Waals surface area contributed by atoms with E-state index in [0.717, 1.165) is 16.2 Å². The number of rotatable bonds is 3. The number of hydrogen-bond acceptors (Lipinski definition) is 3. The van der Waals surface area contributed by atoms with Crippen molar-refractivity contribution in [1.82, 2.24) is 5.01 Å². The lowest BCUT2D eigenvalue weighted by Gasteiger charge is -2.20. The van der Waals surface area contributed by atoms with Gasteiger partial charge in [0.05, 0.1) is 11.8 Å². The number of carbonyl (C=O) groups excluding carboxylic acids is 1. The Morgan fingerprint density at radius 2 is 1.65 bits per heavy atom. The number of nitrogens with zero attached hydrogens (tertiary/aromatic N) is 2. The van der Waals surface area contributed by atoms with Gasteiger partial charge in [-0.25, -0.2) is 5.01 Å². The number of carbonyl (C=O) groups is 1. The Labute approximate surface area is 165 Å². The zero-order chi connectivity index (χ0) is 18.1. The standard InChI is InChI=1S/C20H14Cl2N2OS/c21-15-7-3-13(4-8-15)17-12-18(19-2-1-11-26-19)24(23-17)20(25)14-5-9-16(22)10-6-14/h1-11,18H,12H2. The quantitative estimate of drug-likeness (QED) is 0.526. The zero-order valence-corrected chi connectivity index (χ0v) is 15.9. The molecule has 0 aliphatic carbocycles. The highest BCUT2D eigenvalue weighted by atomic mass is 35.5. The molecule has 0 spiro atoms. The van der Waals surface area contributed by atoms with Crippen LogP contribution in [0.4, 0.5) is 0 Å². The van der Waals surface area contributed by atoms with Crippen LogP contribution in [-0.2, 0) is 0 Å². The molecule has 0 fully saturated rings. The molecule has 0 saturated heterocycles. The van der Waals surface area contributed by atoms with Crippen LogP contribution in [0.25, 0.3) is 0 Å². The minimum Gasteiger partial charge on any atom is -0.267 e. The molecule has 3 nitrogen and oxygen atoms in total. The van der Waals surface area contributed by atoms with Crippen LogP contribution in [-0.4, -0.2) is 16.6 Å².